The molecular formula is C21H28N4O2S. The third kappa shape index (κ3) is 4.97. The van der Waals surface area contributed by atoms with Gasteiger partial charge in [0.05, 0.1) is 25.5 Å². The minimum absolute atomic E-state index is 0.247. The number of rotatable bonds is 5. The summed E-state index contributed by atoms with van der Waals surface area (Å²) in [6.07, 6.45) is 0. The highest BCUT2D eigenvalue weighted by Crippen LogP contribution is 2.24. The van der Waals surface area contributed by atoms with Gasteiger partial charge in [0.15, 0.2) is 0 Å². The molecule has 0 bridgehead atoms. The molecule has 3 heterocycles. The highest BCUT2D eigenvalue weighted by Gasteiger charge is 2.24. The molecule has 7 heteroatoms. The topological polar surface area (TPSA) is 48.9 Å². The van der Waals surface area contributed by atoms with Crippen molar-refractivity contribution in [3.05, 3.63) is 40.9 Å². The van der Waals surface area contributed by atoms with Crippen LogP contribution in [0.5, 0.6) is 0 Å². The summed E-state index contributed by atoms with van der Waals surface area (Å²) in [4.78, 5) is 23.9. The van der Waals surface area contributed by atoms with E-state index in [0.29, 0.717) is 6.54 Å². The van der Waals surface area contributed by atoms with Crippen molar-refractivity contribution in [1.82, 2.24) is 19.7 Å². The van der Waals surface area contributed by atoms with E-state index in [1.165, 1.54) is 11.1 Å². The summed E-state index contributed by atoms with van der Waals surface area (Å²) in [6, 6.07) is 8.53. The van der Waals surface area contributed by atoms with Crippen LogP contribution in [0.1, 0.15) is 11.3 Å². The van der Waals surface area contributed by atoms with Crippen LogP contribution in [0.15, 0.2) is 29.6 Å². The predicted molar refractivity (Wildman–Crippen MR) is 111 cm³/mol. The zero-order valence-corrected chi connectivity index (χ0v) is 17.3. The number of amides is 1. The SMILES string of the molecule is Cc1ccc(-c2nc(CN3CCN(C(=O)CN4CCOCC4)CC3)cs2)cc1. The number of carbonyl (C=O) groups excluding carboxylic acids is 1. The Balaban J connectivity index is 1.25. The van der Waals surface area contributed by atoms with Crippen molar-refractivity contribution >= 4 is 17.2 Å². The van der Waals surface area contributed by atoms with Crippen molar-refractivity contribution < 1.29 is 9.53 Å². The van der Waals surface area contributed by atoms with Gasteiger partial charge in [-0.15, -0.1) is 11.3 Å². The van der Waals surface area contributed by atoms with Gasteiger partial charge in [-0.05, 0) is 6.92 Å². The Labute approximate surface area is 170 Å². The second-order valence-corrected chi connectivity index (χ2v) is 8.41. The molecule has 2 fully saturated rings. The van der Waals surface area contributed by atoms with E-state index in [1.807, 2.05) is 4.90 Å². The molecule has 150 valence electrons. The Morgan fingerprint density at radius 3 is 2.46 bits per heavy atom. The summed E-state index contributed by atoms with van der Waals surface area (Å²) in [7, 11) is 0. The molecule has 0 unspecified atom stereocenters. The zero-order chi connectivity index (χ0) is 19.3. The Morgan fingerprint density at radius 2 is 1.75 bits per heavy atom. The van der Waals surface area contributed by atoms with E-state index in [2.05, 4.69) is 46.4 Å². The Kier molecular flexibility index (Phi) is 6.36. The van der Waals surface area contributed by atoms with Crippen molar-refractivity contribution in [2.75, 3.05) is 59.0 Å². The first kappa shape index (κ1) is 19.5. The Hall–Kier alpha value is -1.80. The first-order chi connectivity index (χ1) is 13.7. The van der Waals surface area contributed by atoms with Gasteiger partial charge >= 0.3 is 0 Å². The molecule has 0 atom stereocenters. The summed E-state index contributed by atoms with van der Waals surface area (Å²) in [6.45, 7) is 10.1. The fourth-order valence-corrected chi connectivity index (χ4v) is 4.46. The number of thiazole rings is 1. The van der Waals surface area contributed by atoms with Gasteiger partial charge in [0.2, 0.25) is 5.91 Å². The summed E-state index contributed by atoms with van der Waals surface area (Å²) in [5, 5.41) is 3.24. The van der Waals surface area contributed by atoms with Crippen LogP contribution < -0.4 is 0 Å². The maximum absolute atomic E-state index is 12.5. The van der Waals surface area contributed by atoms with Crippen molar-refractivity contribution in [3.63, 3.8) is 0 Å². The van der Waals surface area contributed by atoms with Gasteiger partial charge in [-0.25, -0.2) is 4.98 Å². The highest BCUT2D eigenvalue weighted by molar-refractivity contribution is 7.13. The number of nitrogens with zero attached hydrogens (tertiary/aromatic N) is 4. The number of hydrogen-bond acceptors (Lipinski definition) is 6. The fourth-order valence-electron chi connectivity index (χ4n) is 3.64. The predicted octanol–water partition coefficient (Wildman–Crippen LogP) is 2.09. The first-order valence-corrected chi connectivity index (χ1v) is 10.9. The number of hydrogen-bond donors (Lipinski definition) is 0. The van der Waals surface area contributed by atoms with Gasteiger partial charge in [-0.2, -0.15) is 0 Å². The minimum Gasteiger partial charge on any atom is -0.379 e. The van der Waals surface area contributed by atoms with E-state index in [0.717, 1.165) is 69.7 Å². The van der Waals surface area contributed by atoms with Crippen LogP contribution in [-0.2, 0) is 16.1 Å². The monoisotopic (exact) mass is 400 g/mol. The molecular weight excluding hydrogens is 372 g/mol. The summed E-state index contributed by atoms with van der Waals surface area (Å²) < 4.78 is 5.35. The van der Waals surface area contributed by atoms with Crippen LogP contribution in [0.3, 0.4) is 0 Å². The molecule has 28 heavy (non-hydrogen) atoms. The molecule has 2 saturated heterocycles. The molecule has 0 saturated carbocycles. The summed E-state index contributed by atoms with van der Waals surface area (Å²) >= 11 is 1.70. The third-order valence-corrected chi connectivity index (χ3v) is 6.36. The molecule has 0 radical (unpaired) electrons. The van der Waals surface area contributed by atoms with E-state index < -0.39 is 0 Å². The lowest BCUT2D eigenvalue weighted by Gasteiger charge is -2.36. The van der Waals surface area contributed by atoms with Gasteiger partial charge in [0.1, 0.15) is 5.01 Å². The van der Waals surface area contributed by atoms with Gasteiger partial charge in [0.25, 0.3) is 0 Å². The number of aryl methyl sites for hydroxylation is 1. The van der Waals surface area contributed by atoms with Crippen LogP contribution in [0.2, 0.25) is 0 Å². The van der Waals surface area contributed by atoms with Crippen LogP contribution in [0.4, 0.5) is 0 Å². The summed E-state index contributed by atoms with van der Waals surface area (Å²) in [5.41, 5.74) is 3.57. The number of benzene rings is 1. The zero-order valence-electron chi connectivity index (χ0n) is 16.5. The number of piperazine rings is 1. The lowest BCUT2D eigenvalue weighted by atomic mass is 10.2. The molecule has 2 aliphatic rings. The van der Waals surface area contributed by atoms with Gasteiger partial charge in [0, 0.05) is 56.8 Å². The Bertz CT molecular complexity index is 778. The molecule has 0 aliphatic carbocycles. The van der Waals surface area contributed by atoms with Crippen molar-refractivity contribution in [1.29, 1.82) is 0 Å². The van der Waals surface area contributed by atoms with E-state index in [-0.39, 0.29) is 5.91 Å². The highest BCUT2D eigenvalue weighted by atomic mass is 32.1. The van der Waals surface area contributed by atoms with E-state index in [9.17, 15) is 4.79 Å². The molecule has 1 aromatic carbocycles. The first-order valence-electron chi connectivity index (χ1n) is 9.99. The molecule has 2 aliphatic heterocycles. The smallest absolute Gasteiger partial charge is 0.236 e. The summed E-state index contributed by atoms with van der Waals surface area (Å²) in [5.74, 6) is 0.247. The largest absolute Gasteiger partial charge is 0.379 e. The van der Waals surface area contributed by atoms with E-state index in [1.54, 1.807) is 11.3 Å². The van der Waals surface area contributed by atoms with E-state index in [4.69, 9.17) is 9.72 Å². The molecule has 0 N–H and O–H groups in total. The van der Waals surface area contributed by atoms with Crippen LogP contribution in [0.25, 0.3) is 10.6 Å². The number of aromatic nitrogens is 1. The Morgan fingerprint density at radius 1 is 1.04 bits per heavy atom. The second kappa shape index (κ2) is 9.13. The third-order valence-electron chi connectivity index (χ3n) is 5.42. The molecule has 2 aromatic rings. The van der Waals surface area contributed by atoms with Crippen LogP contribution in [-0.4, -0.2) is 84.6 Å². The normalized spacial score (nSPS) is 19.1. The number of carbonyl (C=O) groups is 1. The van der Waals surface area contributed by atoms with Crippen molar-refractivity contribution in [2.24, 2.45) is 0 Å². The molecule has 6 nitrogen and oxygen atoms in total. The average Bonchev–Trinajstić information content (AvgIpc) is 3.18. The van der Waals surface area contributed by atoms with Crippen molar-refractivity contribution in [3.8, 4) is 10.6 Å². The molecule has 1 amide bonds. The number of morpholine rings is 1. The maximum atomic E-state index is 12.5. The molecule has 1 aromatic heterocycles. The van der Waals surface area contributed by atoms with Crippen LogP contribution in [0, 0.1) is 6.92 Å². The van der Waals surface area contributed by atoms with Crippen molar-refractivity contribution in [2.45, 2.75) is 13.5 Å². The lowest BCUT2D eigenvalue weighted by Crippen LogP contribution is -2.52. The average molecular weight is 401 g/mol. The van der Waals surface area contributed by atoms with Gasteiger partial charge in [-0.3, -0.25) is 14.6 Å². The molecule has 0 spiro atoms. The quantitative estimate of drug-likeness (QED) is 0.769. The van der Waals surface area contributed by atoms with Crippen LogP contribution >= 0.6 is 11.3 Å². The number of ether oxygens (including phenoxy) is 1. The minimum atomic E-state index is 0.247. The standard InChI is InChI=1S/C21H28N4O2S/c1-17-2-4-18(5-3-17)21-22-19(16-28-21)14-23-6-8-25(9-7-23)20(26)15-24-10-12-27-13-11-24/h2-5,16H,6-15H2,1H3. The van der Waals surface area contributed by atoms with Gasteiger partial charge < -0.3 is 9.64 Å². The maximum Gasteiger partial charge on any atom is 0.236 e. The second-order valence-electron chi connectivity index (χ2n) is 7.56. The fraction of sp³-hybridized carbons (Fsp3) is 0.524. The lowest BCUT2D eigenvalue weighted by molar-refractivity contribution is -0.135. The molecule has 4 rings (SSSR count). The van der Waals surface area contributed by atoms with E-state index >= 15 is 0 Å². The van der Waals surface area contributed by atoms with Gasteiger partial charge in [-0.1, -0.05) is 29.8 Å².